The molecule has 0 aliphatic carbocycles. The van der Waals surface area contributed by atoms with Gasteiger partial charge >= 0.3 is 0 Å². The van der Waals surface area contributed by atoms with Crippen LogP contribution in [0, 0.1) is 30.6 Å². The summed E-state index contributed by atoms with van der Waals surface area (Å²) in [5.41, 5.74) is 7.09. The SMILES string of the molecule is C#CCCCCOc1cc(/C=C/c2cccc(-c3ccccc3)c2C#N)c(C)cc1CN1CCNCC1. The molecule has 1 saturated heterocycles. The number of nitriles is 1. The van der Waals surface area contributed by atoms with Crippen LogP contribution in [-0.2, 0) is 6.54 Å². The third-order valence-electron chi connectivity index (χ3n) is 6.76. The van der Waals surface area contributed by atoms with E-state index < -0.39 is 0 Å². The molecule has 3 aromatic carbocycles. The molecule has 1 heterocycles. The van der Waals surface area contributed by atoms with E-state index in [-0.39, 0.29) is 0 Å². The molecule has 0 spiro atoms. The molecule has 1 aliphatic rings. The number of nitrogens with one attached hydrogen (secondary N) is 1. The molecule has 1 N–H and O–H groups in total. The molecule has 1 fully saturated rings. The van der Waals surface area contributed by atoms with Gasteiger partial charge in [0, 0.05) is 50.3 Å². The topological polar surface area (TPSA) is 48.3 Å². The highest BCUT2D eigenvalue weighted by atomic mass is 16.5. The maximum Gasteiger partial charge on any atom is 0.124 e. The molecule has 0 saturated carbocycles. The highest BCUT2D eigenvalue weighted by Gasteiger charge is 2.15. The summed E-state index contributed by atoms with van der Waals surface area (Å²) in [6, 6.07) is 22.9. The summed E-state index contributed by atoms with van der Waals surface area (Å²) in [6.07, 6.45) is 12.2. The van der Waals surface area contributed by atoms with E-state index in [0.29, 0.717) is 12.2 Å². The highest BCUT2D eigenvalue weighted by molar-refractivity contribution is 5.81. The summed E-state index contributed by atoms with van der Waals surface area (Å²) in [5.74, 6) is 3.64. The van der Waals surface area contributed by atoms with E-state index in [0.717, 1.165) is 80.0 Å². The molecule has 0 amide bonds. The van der Waals surface area contributed by atoms with Crippen molar-refractivity contribution >= 4 is 12.2 Å². The second-order valence-corrected chi connectivity index (χ2v) is 9.43. The second kappa shape index (κ2) is 13.5. The predicted molar refractivity (Wildman–Crippen MR) is 153 cm³/mol. The summed E-state index contributed by atoms with van der Waals surface area (Å²) >= 11 is 0. The maximum absolute atomic E-state index is 9.98. The Kier molecular flexibility index (Phi) is 9.55. The second-order valence-electron chi connectivity index (χ2n) is 9.43. The molecule has 0 unspecified atom stereocenters. The van der Waals surface area contributed by atoms with E-state index in [2.05, 4.69) is 47.3 Å². The van der Waals surface area contributed by atoms with E-state index in [4.69, 9.17) is 11.2 Å². The Morgan fingerprint density at radius 2 is 1.78 bits per heavy atom. The summed E-state index contributed by atoms with van der Waals surface area (Å²) in [5, 5.41) is 13.4. The largest absolute Gasteiger partial charge is 0.493 e. The Hall–Kier alpha value is -3.83. The first-order chi connectivity index (χ1) is 18.2. The Labute approximate surface area is 221 Å². The number of piperazine rings is 1. The lowest BCUT2D eigenvalue weighted by Gasteiger charge is -2.28. The lowest BCUT2D eigenvalue weighted by molar-refractivity contribution is 0.226. The average Bonchev–Trinajstić information content (AvgIpc) is 2.94. The average molecular weight is 490 g/mol. The van der Waals surface area contributed by atoms with Gasteiger partial charge in [0.1, 0.15) is 11.8 Å². The summed E-state index contributed by atoms with van der Waals surface area (Å²) in [6.45, 7) is 7.79. The van der Waals surface area contributed by atoms with Gasteiger partial charge in [-0.05, 0) is 48.1 Å². The van der Waals surface area contributed by atoms with Crippen LogP contribution in [0.1, 0.15) is 47.1 Å². The van der Waals surface area contributed by atoms with E-state index in [9.17, 15) is 5.26 Å². The van der Waals surface area contributed by atoms with Gasteiger partial charge in [0.2, 0.25) is 0 Å². The van der Waals surface area contributed by atoms with Gasteiger partial charge in [0.15, 0.2) is 0 Å². The van der Waals surface area contributed by atoms with Crippen LogP contribution in [-0.4, -0.2) is 37.7 Å². The van der Waals surface area contributed by atoms with Crippen LogP contribution in [0.5, 0.6) is 5.75 Å². The van der Waals surface area contributed by atoms with Crippen LogP contribution in [0.15, 0.2) is 60.7 Å². The predicted octanol–water partition coefficient (Wildman–Crippen LogP) is 6.29. The van der Waals surface area contributed by atoms with Crippen LogP contribution in [0.2, 0.25) is 0 Å². The maximum atomic E-state index is 9.98. The van der Waals surface area contributed by atoms with Crippen molar-refractivity contribution in [2.45, 2.75) is 32.7 Å². The minimum absolute atomic E-state index is 0.653. The minimum Gasteiger partial charge on any atom is -0.493 e. The lowest BCUT2D eigenvalue weighted by atomic mass is 9.95. The van der Waals surface area contributed by atoms with E-state index in [1.807, 2.05) is 54.6 Å². The third-order valence-corrected chi connectivity index (χ3v) is 6.76. The monoisotopic (exact) mass is 489 g/mol. The zero-order valence-corrected chi connectivity index (χ0v) is 21.7. The fraction of sp³-hybridized carbons (Fsp3) is 0.303. The fourth-order valence-corrected chi connectivity index (χ4v) is 4.69. The van der Waals surface area contributed by atoms with E-state index in [1.54, 1.807) is 0 Å². The van der Waals surface area contributed by atoms with Gasteiger partial charge in [-0.3, -0.25) is 4.90 Å². The first-order valence-electron chi connectivity index (χ1n) is 13.1. The van der Waals surface area contributed by atoms with Crippen molar-refractivity contribution in [2.75, 3.05) is 32.8 Å². The van der Waals surface area contributed by atoms with Crippen LogP contribution >= 0.6 is 0 Å². The zero-order valence-electron chi connectivity index (χ0n) is 21.7. The number of nitrogens with zero attached hydrogens (tertiary/aromatic N) is 2. The van der Waals surface area contributed by atoms with Crippen molar-refractivity contribution in [1.29, 1.82) is 5.26 Å². The summed E-state index contributed by atoms with van der Waals surface area (Å²) in [4.78, 5) is 2.47. The van der Waals surface area contributed by atoms with Crippen molar-refractivity contribution in [2.24, 2.45) is 0 Å². The Morgan fingerprint density at radius 3 is 2.54 bits per heavy atom. The molecule has 0 atom stereocenters. The van der Waals surface area contributed by atoms with Gasteiger partial charge in [-0.2, -0.15) is 5.26 Å². The first-order valence-corrected chi connectivity index (χ1v) is 13.1. The van der Waals surface area contributed by atoms with Crippen molar-refractivity contribution in [3.63, 3.8) is 0 Å². The summed E-state index contributed by atoms with van der Waals surface area (Å²) in [7, 11) is 0. The molecule has 37 heavy (non-hydrogen) atoms. The normalized spacial score (nSPS) is 13.8. The number of aryl methyl sites for hydroxylation is 1. The Balaban J connectivity index is 1.61. The molecule has 4 nitrogen and oxygen atoms in total. The summed E-state index contributed by atoms with van der Waals surface area (Å²) < 4.78 is 6.30. The number of benzene rings is 3. The van der Waals surface area contributed by atoms with Gasteiger partial charge in [-0.15, -0.1) is 12.3 Å². The van der Waals surface area contributed by atoms with Crippen molar-refractivity contribution < 1.29 is 4.74 Å². The third kappa shape index (κ3) is 7.11. The van der Waals surface area contributed by atoms with Gasteiger partial charge in [0.25, 0.3) is 0 Å². The molecule has 3 aromatic rings. The molecular weight excluding hydrogens is 454 g/mol. The minimum atomic E-state index is 0.653. The van der Waals surface area contributed by atoms with Crippen molar-refractivity contribution in [3.05, 3.63) is 88.5 Å². The Morgan fingerprint density at radius 1 is 1.00 bits per heavy atom. The molecule has 0 aromatic heterocycles. The number of hydrogen-bond acceptors (Lipinski definition) is 4. The lowest BCUT2D eigenvalue weighted by Crippen LogP contribution is -2.42. The quantitative estimate of drug-likeness (QED) is 0.207. The number of terminal acetylenes is 1. The number of hydrogen-bond donors (Lipinski definition) is 1. The number of rotatable bonds is 10. The van der Waals surface area contributed by atoms with Gasteiger partial charge < -0.3 is 10.1 Å². The number of ether oxygens (including phenoxy) is 1. The van der Waals surface area contributed by atoms with Crippen LogP contribution in [0.3, 0.4) is 0 Å². The van der Waals surface area contributed by atoms with Gasteiger partial charge in [-0.1, -0.05) is 66.7 Å². The molecule has 1 aliphatic heterocycles. The Bertz CT molecular complexity index is 1290. The molecule has 188 valence electrons. The van der Waals surface area contributed by atoms with Crippen LogP contribution < -0.4 is 10.1 Å². The molecule has 4 heteroatoms. The fourth-order valence-electron chi connectivity index (χ4n) is 4.69. The van der Waals surface area contributed by atoms with Gasteiger partial charge in [-0.25, -0.2) is 0 Å². The van der Waals surface area contributed by atoms with E-state index >= 15 is 0 Å². The first kappa shape index (κ1) is 26.2. The zero-order chi connectivity index (χ0) is 25.9. The molecule has 4 rings (SSSR count). The van der Waals surface area contributed by atoms with E-state index in [1.165, 1.54) is 11.1 Å². The highest BCUT2D eigenvalue weighted by Crippen LogP contribution is 2.29. The van der Waals surface area contributed by atoms with Gasteiger partial charge in [0.05, 0.1) is 12.2 Å². The van der Waals surface area contributed by atoms with Crippen LogP contribution in [0.25, 0.3) is 23.3 Å². The van der Waals surface area contributed by atoms with Crippen molar-refractivity contribution in [1.82, 2.24) is 10.2 Å². The van der Waals surface area contributed by atoms with Crippen LogP contribution in [0.4, 0.5) is 0 Å². The smallest absolute Gasteiger partial charge is 0.124 e. The molecular formula is C33H35N3O. The molecule has 0 bridgehead atoms. The van der Waals surface area contributed by atoms with Crippen molar-refractivity contribution in [3.8, 4) is 35.3 Å². The standard InChI is InChI=1S/C33H35N3O/c1-3-4-5-9-21-37-33-23-29(26(2)22-30(33)25-36-19-17-35-18-20-36)16-15-28-13-10-14-31(32(28)24-34)27-11-7-6-8-12-27/h1,6-8,10-16,22-23,35H,4-5,9,17-21,25H2,2H3/b16-15+. The number of unbranched alkanes of at least 4 members (excludes halogenated alkanes) is 2. The molecule has 0 radical (unpaired) electrons.